The molecule has 0 N–H and O–H groups in total. The van der Waals surface area contributed by atoms with Crippen molar-refractivity contribution in [1.29, 1.82) is 0 Å². The van der Waals surface area contributed by atoms with Crippen molar-refractivity contribution in [1.82, 2.24) is 4.90 Å². The molecule has 0 bridgehead atoms. The molecule has 1 aliphatic heterocycles. The van der Waals surface area contributed by atoms with E-state index >= 15 is 0 Å². The third kappa shape index (κ3) is 3.99. The Hall–Kier alpha value is -3.93. The Balaban J connectivity index is 1.83. The first-order valence-corrected chi connectivity index (χ1v) is 10.4. The molecule has 3 aromatic rings. The molecule has 1 aliphatic rings. The Morgan fingerprint density at radius 3 is 2.28 bits per heavy atom. The Labute approximate surface area is 186 Å². The number of likely N-dealkylation sites (N-methyl/N-ethyl adjacent to an activating group) is 1. The number of carbonyl (C=O) groups excluding carboxylic acids is 2. The van der Waals surface area contributed by atoms with E-state index in [4.69, 9.17) is 4.74 Å². The Kier molecular flexibility index (Phi) is 6.03. The van der Waals surface area contributed by atoms with E-state index in [-0.39, 0.29) is 5.57 Å². The fourth-order valence-electron chi connectivity index (χ4n) is 3.83. The normalized spacial score (nSPS) is 13.7. The van der Waals surface area contributed by atoms with Crippen LogP contribution in [0, 0.1) is 5.82 Å². The minimum Gasteiger partial charge on any atom is -0.497 e. The topological polar surface area (TPSA) is 49.9 Å². The molecule has 0 atom stereocenters. The number of halogens is 1. The molecule has 0 fully saturated rings. The minimum atomic E-state index is -0.448. The SMILES string of the molecule is CCN(Cc1ccccc1)C1=C(c2ccc(F)cc2)C(=O)N(c2cccc(OC)c2)C1=O. The van der Waals surface area contributed by atoms with Gasteiger partial charge in [-0.1, -0.05) is 48.5 Å². The standard InChI is InChI=1S/C26H23FN2O3/c1-3-28(17-18-8-5-4-6-9-18)24-23(19-12-14-20(27)15-13-19)25(30)29(26(24)31)21-10-7-11-22(16-21)32-2/h4-16H,3,17H2,1-2H3. The van der Waals surface area contributed by atoms with Gasteiger partial charge in [0.2, 0.25) is 0 Å². The van der Waals surface area contributed by atoms with E-state index in [2.05, 4.69) is 0 Å². The number of amides is 2. The van der Waals surface area contributed by atoms with Crippen molar-refractivity contribution < 1.29 is 18.7 Å². The Morgan fingerprint density at radius 1 is 0.906 bits per heavy atom. The number of hydrogen-bond donors (Lipinski definition) is 0. The maximum absolute atomic E-state index is 13.6. The van der Waals surface area contributed by atoms with Gasteiger partial charge in [0.25, 0.3) is 11.8 Å². The Bertz CT molecular complexity index is 1170. The number of ether oxygens (including phenoxy) is 1. The molecule has 1 heterocycles. The molecule has 2 amide bonds. The molecular weight excluding hydrogens is 407 g/mol. The number of benzene rings is 3. The summed E-state index contributed by atoms with van der Waals surface area (Å²) in [4.78, 5) is 30.3. The molecule has 0 radical (unpaired) electrons. The van der Waals surface area contributed by atoms with Crippen molar-refractivity contribution in [3.63, 3.8) is 0 Å². The fourth-order valence-corrected chi connectivity index (χ4v) is 3.83. The summed E-state index contributed by atoms with van der Waals surface area (Å²) in [5.74, 6) is -0.734. The van der Waals surface area contributed by atoms with Crippen molar-refractivity contribution in [2.24, 2.45) is 0 Å². The zero-order valence-corrected chi connectivity index (χ0v) is 17.9. The van der Waals surface area contributed by atoms with Gasteiger partial charge < -0.3 is 9.64 Å². The first kappa shape index (κ1) is 21.3. The smallest absolute Gasteiger partial charge is 0.282 e. The van der Waals surface area contributed by atoms with Crippen LogP contribution in [0.1, 0.15) is 18.1 Å². The molecule has 0 saturated heterocycles. The summed E-state index contributed by atoms with van der Waals surface area (Å²) >= 11 is 0. The summed E-state index contributed by atoms with van der Waals surface area (Å²) in [6.07, 6.45) is 0. The van der Waals surface area contributed by atoms with Gasteiger partial charge in [-0.25, -0.2) is 9.29 Å². The van der Waals surface area contributed by atoms with Gasteiger partial charge in [-0.15, -0.1) is 0 Å². The molecule has 0 unspecified atom stereocenters. The molecule has 3 aromatic carbocycles. The van der Waals surface area contributed by atoms with Gasteiger partial charge in [-0.2, -0.15) is 0 Å². The molecular formula is C26H23FN2O3. The first-order chi connectivity index (χ1) is 15.5. The summed E-state index contributed by atoms with van der Waals surface area (Å²) in [5.41, 5.74) is 2.49. The van der Waals surface area contributed by atoms with Crippen LogP contribution in [0.3, 0.4) is 0 Å². The predicted octanol–water partition coefficient (Wildman–Crippen LogP) is 4.64. The van der Waals surface area contributed by atoms with Gasteiger partial charge in [0.15, 0.2) is 0 Å². The summed E-state index contributed by atoms with van der Waals surface area (Å²) in [7, 11) is 1.53. The second-order valence-corrected chi connectivity index (χ2v) is 7.38. The molecule has 6 heteroatoms. The van der Waals surface area contributed by atoms with E-state index in [1.807, 2.05) is 42.2 Å². The van der Waals surface area contributed by atoms with Gasteiger partial charge in [-0.3, -0.25) is 9.59 Å². The van der Waals surface area contributed by atoms with Crippen LogP contribution < -0.4 is 9.64 Å². The lowest BCUT2D eigenvalue weighted by Crippen LogP contribution is -2.35. The fraction of sp³-hybridized carbons (Fsp3) is 0.154. The van der Waals surface area contributed by atoms with Crippen LogP contribution in [-0.2, 0) is 16.1 Å². The lowest BCUT2D eigenvalue weighted by molar-refractivity contribution is -0.120. The highest BCUT2D eigenvalue weighted by Crippen LogP contribution is 2.36. The van der Waals surface area contributed by atoms with Crippen LogP contribution in [0.2, 0.25) is 0 Å². The highest BCUT2D eigenvalue weighted by atomic mass is 19.1. The Morgan fingerprint density at radius 2 is 1.62 bits per heavy atom. The molecule has 0 saturated carbocycles. The molecule has 5 nitrogen and oxygen atoms in total. The van der Waals surface area contributed by atoms with Crippen LogP contribution in [0.15, 0.2) is 84.6 Å². The largest absolute Gasteiger partial charge is 0.497 e. The number of nitrogens with zero attached hydrogens (tertiary/aromatic N) is 2. The van der Waals surface area contributed by atoms with Gasteiger partial charge in [0, 0.05) is 19.2 Å². The van der Waals surface area contributed by atoms with Crippen LogP contribution in [-0.4, -0.2) is 30.4 Å². The minimum absolute atomic E-state index is 0.260. The number of hydrogen-bond acceptors (Lipinski definition) is 4. The summed E-state index contributed by atoms with van der Waals surface area (Å²) < 4.78 is 18.8. The van der Waals surface area contributed by atoms with Gasteiger partial charge >= 0.3 is 0 Å². The number of anilines is 1. The average Bonchev–Trinajstić information content (AvgIpc) is 3.08. The highest BCUT2D eigenvalue weighted by molar-refractivity contribution is 6.45. The number of methoxy groups -OCH3 is 1. The van der Waals surface area contributed by atoms with E-state index in [1.165, 1.54) is 31.4 Å². The van der Waals surface area contributed by atoms with Crippen molar-refractivity contribution >= 4 is 23.1 Å². The van der Waals surface area contributed by atoms with Gasteiger partial charge in [0.05, 0.1) is 18.4 Å². The first-order valence-electron chi connectivity index (χ1n) is 10.4. The molecule has 32 heavy (non-hydrogen) atoms. The zero-order chi connectivity index (χ0) is 22.7. The van der Waals surface area contributed by atoms with Crippen LogP contribution in [0.5, 0.6) is 5.75 Å². The lowest BCUT2D eigenvalue weighted by Gasteiger charge is -2.25. The predicted molar refractivity (Wildman–Crippen MR) is 121 cm³/mol. The van der Waals surface area contributed by atoms with Crippen molar-refractivity contribution in [3.05, 3.63) is 102 Å². The highest BCUT2D eigenvalue weighted by Gasteiger charge is 2.42. The quantitative estimate of drug-likeness (QED) is 0.513. The summed E-state index contributed by atoms with van der Waals surface area (Å²) in [6.45, 7) is 2.91. The van der Waals surface area contributed by atoms with E-state index in [1.54, 1.807) is 24.3 Å². The van der Waals surface area contributed by atoms with Gasteiger partial charge in [-0.05, 0) is 42.3 Å². The molecule has 0 spiro atoms. The third-order valence-corrected chi connectivity index (χ3v) is 5.42. The summed E-state index contributed by atoms with van der Waals surface area (Å²) in [6, 6.07) is 22.2. The molecule has 4 rings (SSSR count). The second kappa shape index (κ2) is 9.06. The van der Waals surface area contributed by atoms with E-state index in [0.29, 0.717) is 35.8 Å². The number of rotatable bonds is 7. The van der Waals surface area contributed by atoms with Crippen LogP contribution in [0.25, 0.3) is 5.57 Å². The zero-order valence-electron chi connectivity index (χ0n) is 17.9. The second-order valence-electron chi connectivity index (χ2n) is 7.38. The maximum atomic E-state index is 13.6. The summed E-state index contributed by atoms with van der Waals surface area (Å²) in [5, 5.41) is 0. The van der Waals surface area contributed by atoms with Crippen LogP contribution >= 0.6 is 0 Å². The average molecular weight is 430 g/mol. The van der Waals surface area contributed by atoms with Crippen molar-refractivity contribution in [2.45, 2.75) is 13.5 Å². The van der Waals surface area contributed by atoms with E-state index in [9.17, 15) is 14.0 Å². The van der Waals surface area contributed by atoms with Gasteiger partial charge in [0.1, 0.15) is 17.3 Å². The number of carbonyl (C=O) groups is 2. The van der Waals surface area contributed by atoms with Crippen molar-refractivity contribution in [3.8, 4) is 5.75 Å². The third-order valence-electron chi connectivity index (χ3n) is 5.42. The van der Waals surface area contributed by atoms with E-state index < -0.39 is 17.6 Å². The maximum Gasteiger partial charge on any atom is 0.282 e. The molecule has 0 aromatic heterocycles. The monoisotopic (exact) mass is 430 g/mol. The van der Waals surface area contributed by atoms with E-state index in [0.717, 1.165) is 10.5 Å². The number of imide groups is 1. The molecule has 0 aliphatic carbocycles. The van der Waals surface area contributed by atoms with Crippen molar-refractivity contribution in [2.75, 3.05) is 18.6 Å². The molecule has 162 valence electrons. The lowest BCUT2D eigenvalue weighted by atomic mass is 10.0. The van der Waals surface area contributed by atoms with Crippen LogP contribution in [0.4, 0.5) is 10.1 Å².